The molecule has 0 saturated carbocycles. The Morgan fingerprint density at radius 3 is 2.17 bits per heavy atom. The number of aryl methyl sites for hydroxylation is 1. The van der Waals surface area contributed by atoms with E-state index in [1.807, 2.05) is 122 Å². The van der Waals surface area contributed by atoms with E-state index in [0.717, 1.165) is 38.9 Å². The smallest absolute Gasteiger partial charge is 0.255 e. The third-order valence-electron chi connectivity index (χ3n) is 6.37. The average molecular weight is 560 g/mol. The highest BCUT2D eigenvalue weighted by Gasteiger charge is 2.12. The summed E-state index contributed by atoms with van der Waals surface area (Å²) in [5.74, 6) is 1.09. The maximum Gasteiger partial charge on any atom is 0.255 e. The second-order valence-electron chi connectivity index (χ2n) is 9.48. The van der Waals surface area contributed by atoms with E-state index in [1.54, 1.807) is 17.8 Å². The molecule has 0 saturated heterocycles. The van der Waals surface area contributed by atoms with Gasteiger partial charge in [-0.25, -0.2) is 0 Å². The Morgan fingerprint density at radius 2 is 1.46 bits per heavy atom. The summed E-state index contributed by atoms with van der Waals surface area (Å²) < 4.78 is 1.95. The minimum atomic E-state index is -0.195. The van der Waals surface area contributed by atoms with Crippen molar-refractivity contribution in [2.45, 2.75) is 17.8 Å². The zero-order chi connectivity index (χ0) is 28.6. The van der Waals surface area contributed by atoms with Gasteiger partial charge in [-0.05, 0) is 72.7 Å². The lowest BCUT2D eigenvalue weighted by Crippen LogP contribution is -2.11. The van der Waals surface area contributed by atoms with E-state index in [9.17, 15) is 9.59 Å². The van der Waals surface area contributed by atoms with Crippen LogP contribution in [0.3, 0.4) is 0 Å². The van der Waals surface area contributed by atoms with Crippen LogP contribution >= 0.6 is 11.8 Å². The van der Waals surface area contributed by atoms with Crippen molar-refractivity contribution >= 4 is 41.0 Å². The Morgan fingerprint density at radius 1 is 0.805 bits per heavy atom. The Kier molecular flexibility index (Phi) is 8.71. The van der Waals surface area contributed by atoms with Crippen LogP contribution in [0.5, 0.6) is 0 Å². The standard InChI is InChI=1S/C33H29N5O2S/c1-23-8-17-29(18-9-23)35-32(40)27-13-10-25(11-14-27)22-41-33-37-36-31(38(33)2)26-15-19-28(20-16-26)34-30(39)21-12-24-6-4-3-5-7-24/h3-21H,22H2,1-2H3,(H,34,39)(H,35,40)/b21-12+. The number of hydrogen-bond acceptors (Lipinski definition) is 5. The molecule has 4 aromatic carbocycles. The lowest BCUT2D eigenvalue weighted by Gasteiger charge is -2.07. The quantitative estimate of drug-likeness (QED) is 0.150. The Hall–Kier alpha value is -4.95. The molecule has 5 rings (SSSR count). The van der Waals surface area contributed by atoms with Gasteiger partial charge in [0.2, 0.25) is 5.91 Å². The van der Waals surface area contributed by atoms with Gasteiger partial charge in [0.15, 0.2) is 11.0 Å². The van der Waals surface area contributed by atoms with Gasteiger partial charge >= 0.3 is 0 Å². The average Bonchev–Trinajstić information content (AvgIpc) is 3.37. The zero-order valence-electron chi connectivity index (χ0n) is 22.7. The predicted molar refractivity (Wildman–Crippen MR) is 166 cm³/mol. The van der Waals surface area contributed by atoms with Crippen LogP contribution < -0.4 is 10.6 Å². The summed E-state index contributed by atoms with van der Waals surface area (Å²) in [7, 11) is 1.93. The SMILES string of the molecule is Cc1ccc(NC(=O)c2ccc(CSc3nnc(-c4ccc(NC(=O)/C=C/c5ccccc5)cc4)n3C)cc2)cc1. The fourth-order valence-corrected chi connectivity index (χ4v) is 4.92. The zero-order valence-corrected chi connectivity index (χ0v) is 23.6. The first-order valence-electron chi connectivity index (χ1n) is 13.1. The number of nitrogens with zero attached hydrogens (tertiary/aromatic N) is 3. The third kappa shape index (κ3) is 7.38. The molecular weight excluding hydrogens is 530 g/mol. The molecule has 1 aromatic heterocycles. The van der Waals surface area contributed by atoms with Crippen LogP contribution in [0.2, 0.25) is 0 Å². The van der Waals surface area contributed by atoms with Gasteiger partial charge in [0, 0.05) is 41.4 Å². The Bertz CT molecular complexity index is 1660. The summed E-state index contributed by atoms with van der Waals surface area (Å²) in [6.45, 7) is 2.01. The van der Waals surface area contributed by atoms with Crippen LogP contribution in [-0.4, -0.2) is 26.6 Å². The number of aromatic nitrogens is 3. The van der Waals surface area contributed by atoms with E-state index in [1.165, 1.54) is 6.08 Å². The van der Waals surface area contributed by atoms with Crippen molar-refractivity contribution in [1.82, 2.24) is 14.8 Å². The number of anilines is 2. The van der Waals surface area contributed by atoms with E-state index in [0.29, 0.717) is 17.0 Å². The van der Waals surface area contributed by atoms with Gasteiger partial charge in [-0.3, -0.25) is 9.59 Å². The molecule has 5 aromatic rings. The second kappa shape index (κ2) is 12.9. The first-order chi connectivity index (χ1) is 19.9. The summed E-state index contributed by atoms with van der Waals surface area (Å²) in [6.07, 6.45) is 3.30. The number of carbonyl (C=O) groups is 2. The van der Waals surface area contributed by atoms with E-state index < -0.39 is 0 Å². The number of carbonyl (C=O) groups excluding carboxylic acids is 2. The first kappa shape index (κ1) is 27.6. The highest BCUT2D eigenvalue weighted by molar-refractivity contribution is 7.98. The highest BCUT2D eigenvalue weighted by atomic mass is 32.2. The molecule has 1 heterocycles. The molecule has 204 valence electrons. The van der Waals surface area contributed by atoms with E-state index >= 15 is 0 Å². The van der Waals surface area contributed by atoms with Gasteiger partial charge in [0.25, 0.3) is 5.91 Å². The molecule has 0 bridgehead atoms. The molecule has 0 unspecified atom stereocenters. The minimum absolute atomic E-state index is 0.139. The normalized spacial score (nSPS) is 11.0. The number of amides is 2. The van der Waals surface area contributed by atoms with Crippen molar-refractivity contribution in [1.29, 1.82) is 0 Å². The summed E-state index contributed by atoms with van der Waals surface area (Å²) in [4.78, 5) is 24.8. The fourth-order valence-electron chi connectivity index (χ4n) is 4.05. The Labute approximate surface area is 243 Å². The maximum absolute atomic E-state index is 12.6. The van der Waals surface area contributed by atoms with Crippen molar-refractivity contribution in [3.63, 3.8) is 0 Å². The van der Waals surface area contributed by atoms with Crippen molar-refractivity contribution in [3.8, 4) is 11.4 Å². The molecule has 2 N–H and O–H groups in total. The number of thioether (sulfide) groups is 1. The topological polar surface area (TPSA) is 88.9 Å². The highest BCUT2D eigenvalue weighted by Crippen LogP contribution is 2.26. The van der Waals surface area contributed by atoms with Crippen LogP contribution in [0.25, 0.3) is 17.5 Å². The summed E-state index contributed by atoms with van der Waals surface area (Å²) in [5.41, 5.74) is 6.16. The maximum atomic E-state index is 12.6. The van der Waals surface area contributed by atoms with Crippen LogP contribution in [0.4, 0.5) is 11.4 Å². The molecule has 8 heteroatoms. The van der Waals surface area contributed by atoms with Crippen molar-refractivity contribution in [2.24, 2.45) is 7.05 Å². The van der Waals surface area contributed by atoms with Crippen molar-refractivity contribution < 1.29 is 9.59 Å². The Balaban J connectivity index is 1.15. The van der Waals surface area contributed by atoms with E-state index in [2.05, 4.69) is 20.8 Å². The second-order valence-corrected chi connectivity index (χ2v) is 10.4. The largest absolute Gasteiger partial charge is 0.323 e. The predicted octanol–water partition coefficient (Wildman–Crippen LogP) is 6.99. The van der Waals surface area contributed by atoms with Gasteiger partial charge in [0.05, 0.1) is 0 Å². The van der Waals surface area contributed by atoms with Gasteiger partial charge in [-0.1, -0.05) is 71.9 Å². The summed E-state index contributed by atoms with van der Waals surface area (Å²) in [6, 6.07) is 32.5. The van der Waals surface area contributed by atoms with Gasteiger partial charge in [-0.2, -0.15) is 0 Å². The molecular formula is C33H29N5O2S. The van der Waals surface area contributed by atoms with Gasteiger partial charge in [-0.15, -0.1) is 10.2 Å². The number of benzene rings is 4. The first-order valence-corrected chi connectivity index (χ1v) is 14.1. The third-order valence-corrected chi connectivity index (χ3v) is 7.46. The minimum Gasteiger partial charge on any atom is -0.323 e. The molecule has 0 atom stereocenters. The fraction of sp³-hybridized carbons (Fsp3) is 0.0909. The molecule has 0 radical (unpaired) electrons. The van der Waals surface area contributed by atoms with Crippen molar-refractivity contribution in [2.75, 3.05) is 10.6 Å². The lowest BCUT2D eigenvalue weighted by molar-refractivity contribution is -0.111. The van der Waals surface area contributed by atoms with E-state index in [4.69, 9.17) is 0 Å². The van der Waals surface area contributed by atoms with E-state index in [-0.39, 0.29) is 11.8 Å². The van der Waals surface area contributed by atoms with Crippen LogP contribution in [0.1, 0.15) is 27.0 Å². The molecule has 41 heavy (non-hydrogen) atoms. The number of nitrogens with one attached hydrogen (secondary N) is 2. The van der Waals surface area contributed by atoms with Gasteiger partial charge in [0.1, 0.15) is 0 Å². The lowest BCUT2D eigenvalue weighted by atomic mass is 10.1. The van der Waals surface area contributed by atoms with Crippen LogP contribution in [-0.2, 0) is 17.6 Å². The molecule has 0 aliphatic carbocycles. The monoisotopic (exact) mass is 559 g/mol. The number of hydrogen-bond donors (Lipinski definition) is 2. The van der Waals surface area contributed by atoms with Crippen LogP contribution in [0, 0.1) is 6.92 Å². The van der Waals surface area contributed by atoms with Gasteiger partial charge < -0.3 is 15.2 Å². The summed E-state index contributed by atoms with van der Waals surface area (Å²) in [5, 5.41) is 15.3. The van der Waals surface area contributed by atoms with Crippen LogP contribution in [0.15, 0.2) is 114 Å². The molecule has 0 fully saturated rings. The molecule has 0 spiro atoms. The molecule has 0 aliphatic heterocycles. The molecule has 0 aliphatic rings. The molecule has 7 nitrogen and oxygen atoms in total. The summed E-state index contributed by atoms with van der Waals surface area (Å²) >= 11 is 1.57. The number of rotatable bonds is 9. The van der Waals surface area contributed by atoms with Crippen molar-refractivity contribution in [3.05, 3.63) is 131 Å². The molecule has 2 amide bonds.